The molecule has 5 nitrogen and oxygen atoms in total. The van der Waals surface area contributed by atoms with Gasteiger partial charge in [0.15, 0.2) is 0 Å². The number of imide groups is 1. The van der Waals surface area contributed by atoms with E-state index in [0.717, 1.165) is 48.9 Å². The van der Waals surface area contributed by atoms with Crippen molar-refractivity contribution in [1.82, 2.24) is 10.3 Å². The molecule has 3 heterocycles. The molecule has 144 valence electrons. The lowest BCUT2D eigenvalue weighted by Gasteiger charge is -2.07. The predicted molar refractivity (Wildman–Crippen MR) is 117 cm³/mol. The van der Waals surface area contributed by atoms with Crippen LogP contribution in [0.2, 0.25) is 0 Å². The molecule has 29 heavy (non-hydrogen) atoms. The highest BCUT2D eigenvalue weighted by atomic mass is 32.2. The molecular weight excluding hydrogens is 404 g/mol. The molecule has 0 radical (unpaired) electrons. The molecular formula is C22H16N2O3S2. The smallest absolute Gasteiger partial charge is 0.286 e. The summed E-state index contributed by atoms with van der Waals surface area (Å²) >= 11 is 2.70. The van der Waals surface area contributed by atoms with Gasteiger partial charge in [-0.3, -0.25) is 19.9 Å². The fourth-order valence-electron chi connectivity index (χ4n) is 3.34. The Labute approximate surface area is 175 Å². The Morgan fingerprint density at radius 1 is 1.03 bits per heavy atom. The van der Waals surface area contributed by atoms with Crippen molar-refractivity contribution >= 4 is 55.2 Å². The maximum atomic E-state index is 11.8. The minimum atomic E-state index is -0.340. The van der Waals surface area contributed by atoms with E-state index in [9.17, 15) is 9.59 Å². The Morgan fingerprint density at radius 2 is 1.93 bits per heavy atom. The molecule has 2 amide bonds. The summed E-state index contributed by atoms with van der Waals surface area (Å²) in [4.78, 5) is 28.6. The number of carbonyl (C=O) groups is 2. The van der Waals surface area contributed by atoms with Crippen molar-refractivity contribution in [3.05, 3.63) is 71.2 Å². The highest BCUT2D eigenvalue weighted by molar-refractivity contribution is 8.15. The number of benzene rings is 2. The Kier molecular flexibility index (Phi) is 4.69. The fourth-order valence-corrected chi connectivity index (χ4v) is 5.43. The largest absolute Gasteiger partial charge is 0.489 e. The number of pyridine rings is 1. The number of fused-ring (bicyclic) bond motifs is 2. The quantitative estimate of drug-likeness (QED) is 0.496. The maximum Gasteiger partial charge on any atom is 0.286 e. The van der Waals surface area contributed by atoms with Crippen molar-refractivity contribution in [3.8, 4) is 5.75 Å². The monoisotopic (exact) mass is 420 g/mol. The van der Waals surface area contributed by atoms with Crippen LogP contribution in [0.15, 0.2) is 60.8 Å². The number of thiophene rings is 1. The maximum absolute atomic E-state index is 11.8. The SMILES string of the molecule is O=C1NC(=O)C(Cc2cc3ccc(OCc4ccc5cccnc5c4)cc3s2)S1. The van der Waals surface area contributed by atoms with E-state index < -0.39 is 0 Å². The lowest BCUT2D eigenvalue weighted by Crippen LogP contribution is -2.25. The van der Waals surface area contributed by atoms with Crippen LogP contribution in [0.4, 0.5) is 4.79 Å². The van der Waals surface area contributed by atoms with Crippen LogP contribution in [0.3, 0.4) is 0 Å². The van der Waals surface area contributed by atoms with E-state index in [1.54, 1.807) is 17.5 Å². The number of nitrogens with zero attached hydrogens (tertiary/aromatic N) is 1. The lowest BCUT2D eigenvalue weighted by atomic mass is 10.1. The number of rotatable bonds is 5. The Hall–Kier alpha value is -2.90. The van der Waals surface area contributed by atoms with E-state index in [1.807, 2.05) is 36.4 Å². The highest BCUT2D eigenvalue weighted by Gasteiger charge is 2.31. The molecule has 1 saturated heterocycles. The van der Waals surface area contributed by atoms with Gasteiger partial charge in [-0.25, -0.2) is 0 Å². The third-order valence-electron chi connectivity index (χ3n) is 4.77. The predicted octanol–water partition coefficient (Wildman–Crippen LogP) is 4.92. The second kappa shape index (κ2) is 7.50. The minimum Gasteiger partial charge on any atom is -0.489 e. The molecule has 1 atom stereocenters. The molecule has 4 aromatic rings. The number of aromatic nitrogens is 1. The third-order valence-corrected chi connectivity index (χ3v) is 6.87. The fraction of sp³-hybridized carbons (Fsp3) is 0.136. The zero-order valence-electron chi connectivity index (χ0n) is 15.3. The van der Waals surface area contributed by atoms with Crippen molar-refractivity contribution in [1.29, 1.82) is 0 Å². The third kappa shape index (κ3) is 3.83. The lowest BCUT2D eigenvalue weighted by molar-refractivity contribution is -0.118. The van der Waals surface area contributed by atoms with E-state index >= 15 is 0 Å². The van der Waals surface area contributed by atoms with Gasteiger partial charge in [0.1, 0.15) is 12.4 Å². The first kappa shape index (κ1) is 18.1. The van der Waals surface area contributed by atoms with Gasteiger partial charge in [0, 0.05) is 27.6 Å². The molecule has 1 aliphatic heterocycles. The highest BCUT2D eigenvalue weighted by Crippen LogP contribution is 2.32. The first-order valence-corrected chi connectivity index (χ1v) is 10.8. The molecule has 0 aliphatic carbocycles. The van der Waals surface area contributed by atoms with Crippen LogP contribution in [-0.2, 0) is 17.8 Å². The van der Waals surface area contributed by atoms with Crippen LogP contribution in [0.25, 0.3) is 21.0 Å². The van der Waals surface area contributed by atoms with E-state index in [-0.39, 0.29) is 16.4 Å². The van der Waals surface area contributed by atoms with Gasteiger partial charge in [0.2, 0.25) is 5.91 Å². The van der Waals surface area contributed by atoms with Crippen molar-refractivity contribution in [2.45, 2.75) is 18.3 Å². The van der Waals surface area contributed by atoms with Gasteiger partial charge in [0.05, 0.1) is 10.8 Å². The number of carbonyl (C=O) groups excluding carboxylic acids is 2. The zero-order chi connectivity index (χ0) is 19.8. The van der Waals surface area contributed by atoms with E-state index in [1.165, 1.54) is 0 Å². The molecule has 0 spiro atoms. The topological polar surface area (TPSA) is 68.3 Å². The van der Waals surface area contributed by atoms with Gasteiger partial charge < -0.3 is 4.74 Å². The van der Waals surface area contributed by atoms with Crippen molar-refractivity contribution < 1.29 is 14.3 Å². The van der Waals surface area contributed by atoms with Crippen molar-refractivity contribution in [3.63, 3.8) is 0 Å². The Balaban J connectivity index is 1.30. The van der Waals surface area contributed by atoms with Crippen LogP contribution in [-0.4, -0.2) is 21.4 Å². The van der Waals surface area contributed by atoms with Crippen LogP contribution in [0, 0.1) is 0 Å². The molecule has 1 aliphatic rings. The summed E-state index contributed by atoms with van der Waals surface area (Å²) in [7, 11) is 0. The average Bonchev–Trinajstić information content (AvgIpc) is 3.27. The molecule has 0 bridgehead atoms. The summed E-state index contributed by atoms with van der Waals surface area (Å²) in [5.41, 5.74) is 2.02. The second-order valence-corrected chi connectivity index (χ2v) is 9.16. The second-order valence-electron chi connectivity index (χ2n) is 6.82. The number of nitrogens with one attached hydrogen (secondary N) is 1. The van der Waals surface area contributed by atoms with Gasteiger partial charge >= 0.3 is 0 Å². The van der Waals surface area contributed by atoms with Crippen LogP contribution >= 0.6 is 23.1 Å². The molecule has 1 unspecified atom stereocenters. The molecule has 0 saturated carbocycles. The number of hydrogen-bond acceptors (Lipinski definition) is 6. The van der Waals surface area contributed by atoms with Gasteiger partial charge in [0.25, 0.3) is 5.24 Å². The zero-order valence-corrected chi connectivity index (χ0v) is 16.9. The Bertz CT molecular complexity index is 1250. The van der Waals surface area contributed by atoms with Crippen LogP contribution in [0.5, 0.6) is 5.75 Å². The number of thioether (sulfide) groups is 1. The first-order chi connectivity index (χ1) is 14.1. The number of ether oxygens (including phenoxy) is 1. The molecule has 2 aromatic heterocycles. The number of hydrogen-bond donors (Lipinski definition) is 1. The summed E-state index contributed by atoms with van der Waals surface area (Å²) in [5, 5.41) is 3.96. The molecule has 2 aromatic carbocycles. The van der Waals surface area contributed by atoms with Gasteiger partial charge in [-0.15, -0.1) is 11.3 Å². The number of amides is 2. The summed E-state index contributed by atoms with van der Waals surface area (Å²) in [6, 6.07) is 18.2. The molecule has 5 rings (SSSR count). The Morgan fingerprint density at radius 3 is 2.79 bits per heavy atom. The minimum absolute atomic E-state index is 0.202. The molecule has 1 N–H and O–H groups in total. The van der Waals surface area contributed by atoms with Crippen LogP contribution in [0.1, 0.15) is 10.4 Å². The van der Waals surface area contributed by atoms with Gasteiger partial charge in [-0.05, 0) is 47.3 Å². The van der Waals surface area contributed by atoms with Gasteiger partial charge in [-0.2, -0.15) is 0 Å². The van der Waals surface area contributed by atoms with Crippen molar-refractivity contribution in [2.75, 3.05) is 0 Å². The first-order valence-electron chi connectivity index (χ1n) is 9.14. The standard InChI is InChI=1S/C22H16N2O3S2/c25-21-20(29-22(26)24-21)11-17-9-15-5-6-16(10-19(15)28-17)27-12-13-3-4-14-2-1-7-23-18(14)8-13/h1-10,20H,11-12H2,(H,24,25,26). The molecule has 7 heteroatoms. The van der Waals surface area contributed by atoms with Crippen molar-refractivity contribution in [2.24, 2.45) is 0 Å². The normalized spacial score (nSPS) is 16.5. The van der Waals surface area contributed by atoms with Gasteiger partial charge in [-0.1, -0.05) is 30.0 Å². The van der Waals surface area contributed by atoms with E-state index in [2.05, 4.69) is 28.5 Å². The average molecular weight is 421 g/mol. The summed E-state index contributed by atoms with van der Waals surface area (Å²) < 4.78 is 7.09. The summed E-state index contributed by atoms with van der Waals surface area (Å²) in [5.74, 6) is 0.599. The molecule has 1 fully saturated rings. The van der Waals surface area contributed by atoms with E-state index in [0.29, 0.717) is 13.0 Å². The van der Waals surface area contributed by atoms with Crippen LogP contribution < -0.4 is 10.1 Å². The summed E-state index contributed by atoms with van der Waals surface area (Å²) in [6.45, 7) is 0.469. The summed E-state index contributed by atoms with van der Waals surface area (Å²) in [6.07, 6.45) is 2.35. The van der Waals surface area contributed by atoms with E-state index in [4.69, 9.17) is 4.74 Å².